The minimum atomic E-state index is -4.97. The molecule has 0 radical (unpaired) electrons. The Labute approximate surface area is 89.2 Å². The normalized spacial score (nSPS) is 11.6. The molecule has 0 aliphatic carbocycles. The van der Waals surface area contributed by atoms with Crippen LogP contribution in [-0.4, -0.2) is 17.7 Å². The molecule has 0 bridgehead atoms. The first kappa shape index (κ1) is 12.5. The van der Waals surface area contributed by atoms with E-state index in [4.69, 9.17) is 4.42 Å². The van der Waals surface area contributed by atoms with Gasteiger partial charge in [-0.2, -0.15) is 13.2 Å². The number of Topliss-reactive ketones (excluding diaryl/α,β-unsaturated/α-hetero) is 2. The Morgan fingerprint density at radius 1 is 1.31 bits per heavy atom. The van der Waals surface area contributed by atoms with Crippen LogP contribution in [0, 0.1) is 13.8 Å². The average Bonchev–Trinajstić information content (AvgIpc) is 2.43. The predicted molar refractivity (Wildman–Crippen MR) is 48.2 cm³/mol. The fourth-order valence-corrected chi connectivity index (χ4v) is 1.25. The molecule has 6 heteroatoms. The molecule has 0 fully saturated rings. The molecule has 0 amide bonds. The number of furan rings is 1. The van der Waals surface area contributed by atoms with E-state index in [-0.39, 0.29) is 11.3 Å². The van der Waals surface area contributed by atoms with Crippen molar-refractivity contribution in [1.82, 2.24) is 0 Å². The summed E-state index contributed by atoms with van der Waals surface area (Å²) in [4.78, 5) is 21.9. The van der Waals surface area contributed by atoms with Gasteiger partial charge in [0.2, 0.25) is 5.78 Å². The minimum Gasteiger partial charge on any atom is -0.466 e. The second-order valence-electron chi connectivity index (χ2n) is 3.35. The van der Waals surface area contributed by atoms with E-state index in [9.17, 15) is 22.8 Å². The summed E-state index contributed by atoms with van der Waals surface area (Å²) in [6.45, 7) is 3.02. The Balaban J connectivity index is 2.81. The number of hydrogen-bond acceptors (Lipinski definition) is 3. The number of carbonyl (C=O) groups is 2. The molecule has 0 aliphatic heterocycles. The molecular formula is C10H9F3O3. The Hall–Kier alpha value is -1.59. The Kier molecular flexibility index (Phi) is 3.21. The van der Waals surface area contributed by atoms with Gasteiger partial charge in [-0.25, -0.2) is 0 Å². The molecule has 16 heavy (non-hydrogen) atoms. The third kappa shape index (κ3) is 2.71. The molecule has 0 saturated carbocycles. The van der Waals surface area contributed by atoms with Crippen LogP contribution in [0.2, 0.25) is 0 Å². The number of halogens is 3. The first-order chi connectivity index (χ1) is 7.21. The van der Waals surface area contributed by atoms with Gasteiger partial charge in [0, 0.05) is 0 Å². The monoisotopic (exact) mass is 234 g/mol. The quantitative estimate of drug-likeness (QED) is 0.596. The molecule has 88 valence electrons. The van der Waals surface area contributed by atoms with Crippen molar-refractivity contribution < 1.29 is 27.2 Å². The molecule has 1 rings (SSSR count). The molecule has 0 aliphatic rings. The van der Waals surface area contributed by atoms with Crippen molar-refractivity contribution >= 4 is 11.6 Å². The van der Waals surface area contributed by atoms with Crippen LogP contribution in [0.1, 0.15) is 28.3 Å². The summed E-state index contributed by atoms with van der Waals surface area (Å²) in [6, 6.07) is 1.32. The van der Waals surface area contributed by atoms with E-state index in [1.165, 1.54) is 13.0 Å². The molecular weight excluding hydrogens is 225 g/mol. The van der Waals surface area contributed by atoms with Crippen LogP contribution in [0.15, 0.2) is 10.5 Å². The van der Waals surface area contributed by atoms with Crippen molar-refractivity contribution in [3.63, 3.8) is 0 Å². The van der Waals surface area contributed by atoms with Gasteiger partial charge in [0.15, 0.2) is 5.78 Å². The van der Waals surface area contributed by atoms with Gasteiger partial charge in [-0.15, -0.1) is 0 Å². The molecule has 1 aromatic rings. The molecule has 3 nitrogen and oxygen atoms in total. The zero-order valence-electron chi connectivity index (χ0n) is 8.64. The maximum Gasteiger partial charge on any atom is 0.450 e. The van der Waals surface area contributed by atoms with E-state index in [0.29, 0.717) is 5.76 Å². The molecule has 0 aromatic carbocycles. The van der Waals surface area contributed by atoms with Gasteiger partial charge in [0.1, 0.15) is 11.5 Å². The Bertz CT molecular complexity index is 429. The molecule has 1 heterocycles. The summed E-state index contributed by atoms with van der Waals surface area (Å²) >= 11 is 0. The van der Waals surface area contributed by atoms with E-state index in [2.05, 4.69) is 0 Å². The predicted octanol–water partition coefficient (Wildman–Crippen LogP) is 2.60. The summed E-state index contributed by atoms with van der Waals surface area (Å²) in [5.74, 6) is -2.29. The summed E-state index contributed by atoms with van der Waals surface area (Å²) in [5, 5.41) is 0. The lowest BCUT2D eigenvalue weighted by Crippen LogP contribution is -2.25. The summed E-state index contributed by atoms with van der Waals surface area (Å²) in [7, 11) is 0. The molecule has 0 spiro atoms. The smallest absolute Gasteiger partial charge is 0.450 e. The first-order valence-corrected chi connectivity index (χ1v) is 4.42. The number of hydrogen-bond donors (Lipinski definition) is 0. The topological polar surface area (TPSA) is 47.3 Å². The zero-order chi connectivity index (χ0) is 12.5. The third-order valence-corrected chi connectivity index (χ3v) is 1.98. The summed E-state index contributed by atoms with van der Waals surface area (Å²) in [6.07, 6.45) is -6.15. The van der Waals surface area contributed by atoms with Crippen LogP contribution < -0.4 is 0 Å². The molecule has 0 N–H and O–H groups in total. The van der Waals surface area contributed by atoms with Crippen LogP contribution in [0.3, 0.4) is 0 Å². The van der Waals surface area contributed by atoms with Gasteiger partial charge in [0.25, 0.3) is 0 Å². The number of alkyl halides is 3. The fourth-order valence-electron chi connectivity index (χ4n) is 1.25. The van der Waals surface area contributed by atoms with E-state index < -0.39 is 24.2 Å². The lowest BCUT2D eigenvalue weighted by Gasteiger charge is -2.03. The third-order valence-electron chi connectivity index (χ3n) is 1.98. The average molecular weight is 234 g/mol. The summed E-state index contributed by atoms with van der Waals surface area (Å²) < 4.78 is 40.7. The van der Waals surface area contributed by atoms with Gasteiger partial charge in [-0.1, -0.05) is 0 Å². The van der Waals surface area contributed by atoms with Gasteiger partial charge in [-0.05, 0) is 19.9 Å². The van der Waals surface area contributed by atoms with Crippen LogP contribution in [-0.2, 0) is 4.79 Å². The number of aryl methyl sites for hydroxylation is 2. The van der Waals surface area contributed by atoms with Crippen molar-refractivity contribution in [2.24, 2.45) is 0 Å². The fraction of sp³-hybridized carbons (Fsp3) is 0.400. The van der Waals surface area contributed by atoms with Crippen LogP contribution in [0.5, 0.6) is 0 Å². The first-order valence-electron chi connectivity index (χ1n) is 4.42. The molecule has 0 atom stereocenters. The van der Waals surface area contributed by atoms with E-state index in [0.717, 1.165) is 0 Å². The lowest BCUT2D eigenvalue weighted by molar-refractivity contribution is -0.170. The van der Waals surface area contributed by atoms with Crippen LogP contribution in [0.4, 0.5) is 13.2 Å². The van der Waals surface area contributed by atoms with E-state index >= 15 is 0 Å². The maximum atomic E-state index is 11.9. The van der Waals surface area contributed by atoms with Crippen molar-refractivity contribution in [2.45, 2.75) is 26.4 Å². The van der Waals surface area contributed by atoms with Crippen molar-refractivity contribution in [3.05, 3.63) is 23.2 Å². The second kappa shape index (κ2) is 4.11. The highest BCUT2D eigenvalue weighted by atomic mass is 19.4. The van der Waals surface area contributed by atoms with E-state index in [1.807, 2.05) is 0 Å². The van der Waals surface area contributed by atoms with E-state index in [1.54, 1.807) is 6.92 Å². The SMILES string of the molecule is Cc1cc(C(=O)CC(=O)C(F)(F)F)c(C)o1. The molecule has 1 aromatic heterocycles. The largest absolute Gasteiger partial charge is 0.466 e. The maximum absolute atomic E-state index is 11.9. The number of carbonyl (C=O) groups excluding carboxylic acids is 2. The van der Waals surface area contributed by atoms with Crippen molar-refractivity contribution in [3.8, 4) is 0 Å². The van der Waals surface area contributed by atoms with Gasteiger partial charge in [-0.3, -0.25) is 9.59 Å². The van der Waals surface area contributed by atoms with Crippen LogP contribution >= 0.6 is 0 Å². The highest BCUT2D eigenvalue weighted by Gasteiger charge is 2.39. The summed E-state index contributed by atoms with van der Waals surface area (Å²) in [5.41, 5.74) is 0.0232. The highest BCUT2D eigenvalue weighted by Crippen LogP contribution is 2.21. The molecule has 0 saturated heterocycles. The lowest BCUT2D eigenvalue weighted by atomic mass is 10.1. The zero-order valence-corrected chi connectivity index (χ0v) is 8.64. The van der Waals surface area contributed by atoms with Gasteiger partial charge >= 0.3 is 6.18 Å². The van der Waals surface area contributed by atoms with Gasteiger partial charge < -0.3 is 4.42 Å². The van der Waals surface area contributed by atoms with Crippen molar-refractivity contribution in [2.75, 3.05) is 0 Å². The second-order valence-corrected chi connectivity index (χ2v) is 3.35. The molecule has 0 unspecified atom stereocenters. The minimum absolute atomic E-state index is 0.0232. The number of rotatable bonds is 3. The van der Waals surface area contributed by atoms with Gasteiger partial charge in [0.05, 0.1) is 12.0 Å². The number of ketones is 2. The standard InChI is InChI=1S/C10H9F3O3/c1-5-3-7(6(2)16-5)8(14)4-9(15)10(11,12)13/h3H,4H2,1-2H3. The Morgan fingerprint density at radius 2 is 1.88 bits per heavy atom. The Morgan fingerprint density at radius 3 is 2.25 bits per heavy atom. The highest BCUT2D eigenvalue weighted by molar-refractivity contribution is 6.09. The van der Waals surface area contributed by atoms with Crippen LogP contribution in [0.25, 0.3) is 0 Å². The van der Waals surface area contributed by atoms with Crippen molar-refractivity contribution in [1.29, 1.82) is 0 Å².